The first-order chi connectivity index (χ1) is 7.68. The second kappa shape index (κ2) is 6.14. The molecule has 2 amide bonds. The number of hydrogen-bond donors (Lipinski definition) is 3. The predicted molar refractivity (Wildman–Crippen MR) is 65.5 cm³/mol. The van der Waals surface area contributed by atoms with Gasteiger partial charge in [0.1, 0.15) is 6.04 Å². The molecule has 1 atom stereocenters. The van der Waals surface area contributed by atoms with Gasteiger partial charge >= 0.3 is 12.0 Å². The highest BCUT2D eigenvalue weighted by atomic mass is 16.4. The van der Waals surface area contributed by atoms with Gasteiger partial charge in [-0.15, -0.1) is 6.42 Å². The Morgan fingerprint density at radius 3 is 2.29 bits per heavy atom. The quantitative estimate of drug-likeness (QED) is 0.632. The Balaban J connectivity index is 4.43. The monoisotopic (exact) mass is 240 g/mol. The number of aliphatic carboxylic acids is 1. The third-order valence-corrected chi connectivity index (χ3v) is 2.10. The van der Waals surface area contributed by atoms with Crippen LogP contribution in [0.3, 0.4) is 0 Å². The van der Waals surface area contributed by atoms with Gasteiger partial charge in [-0.1, -0.05) is 19.8 Å². The SMILES string of the molecule is C#CC(C)(C)NC(=O)N[C@H](CC(C)C)C(=O)O. The summed E-state index contributed by atoms with van der Waals surface area (Å²) < 4.78 is 0. The molecule has 0 heterocycles. The van der Waals surface area contributed by atoms with E-state index in [2.05, 4.69) is 16.6 Å². The lowest BCUT2D eigenvalue weighted by Gasteiger charge is -2.22. The molecule has 0 saturated heterocycles. The van der Waals surface area contributed by atoms with E-state index in [1.165, 1.54) is 0 Å². The minimum Gasteiger partial charge on any atom is -0.480 e. The van der Waals surface area contributed by atoms with Gasteiger partial charge in [0.15, 0.2) is 0 Å². The molecule has 5 nitrogen and oxygen atoms in total. The predicted octanol–water partition coefficient (Wildman–Crippen LogP) is 1.20. The number of carbonyl (C=O) groups is 2. The minimum absolute atomic E-state index is 0.178. The Bertz CT molecular complexity index is 329. The minimum atomic E-state index is -1.05. The van der Waals surface area contributed by atoms with Crippen LogP contribution in [0.15, 0.2) is 0 Å². The van der Waals surface area contributed by atoms with E-state index in [0.29, 0.717) is 6.42 Å². The summed E-state index contributed by atoms with van der Waals surface area (Å²) in [5, 5.41) is 13.9. The van der Waals surface area contributed by atoms with E-state index in [1.54, 1.807) is 13.8 Å². The number of terminal acetylenes is 1. The van der Waals surface area contributed by atoms with Crippen LogP contribution in [0.2, 0.25) is 0 Å². The Labute approximate surface area is 102 Å². The van der Waals surface area contributed by atoms with E-state index in [0.717, 1.165) is 0 Å². The number of carboxylic acid groups (broad SMARTS) is 1. The van der Waals surface area contributed by atoms with Crippen LogP contribution >= 0.6 is 0 Å². The highest BCUT2D eigenvalue weighted by molar-refractivity contribution is 5.83. The lowest BCUT2D eigenvalue weighted by molar-refractivity contribution is -0.139. The Morgan fingerprint density at radius 1 is 1.41 bits per heavy atom. The van der Waals surface area contributed by atoms with E-state index >= 15 is 0 Å². The zero-order valence-electron chi connectivity index (χ0n) is 10.7. The number of rotatable bonds is 5. The zero-order valence-corrected chi connectivity index (χ0v) is 10.7. The number of carbonyl (C=O) groups excluding carboxylic acids is 1. The molecule has 0 spiro atoms. The van der Waals surface area contributed by atoms with E-state index in [9.17, 15) is 9.59 Å². The molecule has 96 valence electrons. The molecule has 0 bridgehead atoms. The van der Waals surface area contributed by atoms with Crippen LogP contribution in [0.5, 0.6) is 0 Å². The van der Waals surface area contributed by atoms with Gasteiger partial charge in [0, 0.05) is 0 Å². The van der Waals surface area contributed by atoms with Gasteiger partial charge in [-0.3, -0.25) is 0 Å². The maximum Gasteiger partial charge on any atom is 0.326 e. The first-order valence-corrected chi connectivity index (χ1v) is 5.47. The van der Waals surface area contributed by atoms with Crippen molar-refractivity contribution in [2.24, 2.45) is 5.92 Å². The molecule has 5 heteroatoms. The Hall–Kier alpha value is -1.70. The van der Waals surface area contributed by atoms with E-state index in [1.807, 2.05) is 13.8 Å². The van der Waals surface area contributed by atoms with E-state index in [-0.39, 0.29) is 5.92 Å². The van der Waals surface area contributed by atoms with Crippen molar-refractivity contribution < 1.29 is 14.7 Å². The van der Waals surface area contributed by atoms with Gasteiger partial charge in [0.2, 0.25) is 0 Å². The van der Waals surface area contributed by atoms with Gasteiger partial charge in [-0.05, 0) is 26.2 Å². The normalized spacial score (nSPS) is 12.7. The number of urea groups is 1. The van der Waals surface area contributed by atoms with Crippen molar-refractivity contribution in [2.75, 3.05) is 0 Å². The summed E-state index contributed by atoms with van der Waals surface area (Å²) >= 11 is 0. The number of carboxylic acids is 1. The van der Waals surface area contributed by atoms with Gasteiger partial charge < -0.3 is 15.7 Å². The maximum atomic E-state index is 11.5. The molecule has 0 aliphatic carbocycles. The van der Waals surface area contributed by atoms with Crippen LogP contribution in [0.1, 0.15) is 34.1 Å². The summed E-state index contributed by atoms with van der Waals surface area (Å²) in [7, 11) is 0. The average molecular weight is 240 g/mol. The largest absolute Gasteiger partial charge is 0.480 e. The third-order valence-electron chi connectivity index (χ3n) is 2.10. The summed E-state index contributed by atoms with van der Waals surface area (Å²) in [4.78, 5) is 22.5. The summed E-state index contributed by atoms with van der Waals surface area (Å²) in [6, 6.07) is -1.47. The van der Waals surface area contributed by atoms with Gasteiger partial charge in [0.05, 0.1) is 5.54 Å². The highest BCUT2D eigenvalue weighted by Crippen LogP contribution is 2.05. The van der Waals surface area contributed by atoms with Crippen LogP contribution in [0.25, 0.3) is 0 Å². The van der Waals surface area contributed by atoms with Crippen LogP contribution in [0, 0.1) is 18.3 Å². The summed E-state index contributed by atoms with van der Waals surface area (Å²) in [6.07, 6.45) is 5.59. The fourth-order valence-electron chi connectivity index (χ4n) is 1.21. The lowest BCUT2D eigenvalue weighted by Crippen LogP contribution is -2.52. The van der Waals surface area contributed by atoms with Crippen molar-refractivity contribution in [3.63, 3.8) is 0 Å². The third kappa shape index (κ3) is 6.46. The molecule has 17 heavy (non-hydrogen) atoms. The second-order valence-electron chi connectivity index (χ2n) is 4.89. The molecule has 0 aliphatic rings. The number of hydrogen-bond acceptors (Lipinski definition) is 2. The second-order valence-corrected chi connectivity index (χ2v) is 4.89. The molecule has 0 unspecified atom stereocenters. The van der Waals surface area contributed by atoms with Crippen molar-refractivity contribution in [3.05, 3.63) is 0 Å². The fourth-order valence-corrected chi connectivity index (χ4v) is 1.21. The fraction of sp³-hybridized carbons (Fsp3) is 0.667. The molecule has 0 radical (unpaired) electrons. The molecule has 0 saturated carbocycles. The van der Waals surface area contributed by atoms with Crippen LogP contribution in [-0.2, 0) is 4.79 Å². The van der Waals surface area contributed by atoms with Crippen molar-refractivity contribution in [1.82, 2.24) is 10.6 Å². The van der Waals surface area contributed by atoms with Gasteiger partial charge in [-0.2, -0.15) is 0 Å². The highest BCUT2D eigenvalue weighted by Gasteiger charge is 2.23. The zero-order chi connectivity index (χ0) is 13.6. The van der Waals surface area contributed by atoms with E-state index in [4.69, 9.17) is 11.5 Å². The standard InChI is InChI=1S/C12H20N2O3/c1-6-12(4,5)14-11(17)13-9(10(15)16)7-8(2)3/h1,8-9H,7H2,2-5H3,(H,15,16)(H2,13,14,17)/t9-/m1/s1. The molecular formula is C12H20N2O3. The molecule has 0 aromatic carbocycles. The Kier molecular flexibility index (Phi) is 5.52. The summed E-state index contributed by atoms with van der Waals surface area (Å²) in [6.45, 7) is 7.09. The summed E-state index contributed by atoms with van der Waals surface area (Å²) in [5.41, 5.74) is -0.801. The lowest BCUT2D eigenvalue weighted by atomic mass is 10.0. The maximum absolute atomic E-state index is 11.5. The smallest absolute Gasteiger partial charge is 0.326 e. The van der Waals surface area contributed by atoms with E-state index < -0.39 is 23.6 Å². The molecule has 0 aromatic heterocycles. The number of nitrogens with one attached hydrogen (secondary N) is 2. The van der Waals surface area contributed by atoms with Crippen LogP contribution in [0.4, 0.5) is 4.79 Å². The topological polar surface area (TPSA) is 78.4 Å². The summed E-state index contributed by atoms with van der Waals surface area (Å²) in [5.74, 6) is 1.53. The number of amides is 2. The van der Waals surface area contributed by atoms with Crippen molar-refractivity contribution in [3.8, 4) is 12.3 Å². The van der Waals surface area contributed by atoms with Crippen molar-refractivity contribution >= 4 is 12.0 Å². The molecule has 3 N–H and O–H groups in total. The Morgan fingerprint density at radius 2 is 1.94 bits per heavy atom. The molecular weight excluding hydrogens is 220 g/mol. The van der Waals surface area contributed by atoms with Crippen LogP contribution in [-0.4, -0.2) is 28.7 Å². The van der Waals surface area contributed by atoms with Gasteiger partial charge in [-0.25, -0.2) is 9.59 Å². The van der Waals surface area contributed by atoms with Gasteiger partial charge in [0.25, 0.3) is 0 Å². The first-order valence-electron chi connectivity index (χ1n) is 5.47. The van der Waals surface area contributed by atoms with Crippen molar-refractivity contribution in [1.29, 1.82) is 0 Å². The molecule has 0 fully saturated rings. The average Bonchev–Trinajstić information content (AvgIpc) is 2.15. The molecule has 0 aromatic rings. The first kappa shape index (κ1) is 15.3. The molecule has 0 rings (SSSR count). The van der Waals surface area contributed by atoms with Crippen molar-refractivity contribution in [2.45, 2.75) is 45.7 Å². The van der Waals surface area contributed by atoms with Crippen LogP contribution < -0.4 is 10.6 Å². The molecule has 0 aliphatic heterocycles.